The van der Waals surface area contributed by atoms with Crippen LogP contribution in [0.2, 0.25) is 0 Å². The molecule has 3 rings (SSSR count). The van der Waals surface area contributed by atoms with Crippen LogP contribution >= 0.6 is 0 Å². The fourth-order valence-corrected chi connectivity index (χ4v) is 2.87. The number of β-lactam (4-membered cyclic amide) rings is 1. The number of nitrogens with zero attached hydrogens (tertiary/aromatic N) is 1. The van der Waals surface area contributed by atoms with E-state index in [4.69, 9.17) is 9.47 Å². The molecule has 0 aromatic carbocycles. The van der Waals surface area contributed by atoms with Crippen molar-refractivity contribution in [1.82, 2.24) is 4.90 Å². The molecule has 3 atom stereocenters. The summed E-state index contributed by atoms with van der Waals surface area (Å²) in [6.45, 7) is 1.63. The van der Waals surface area contributed by atoms with Gasteiger partial charge >= 0.3 is 35.7 Å². The van der Waals surface area contributed by atoms with E-state index in [9.17, 15) is 19.5 Å². The van der Waals surface area contributed by atoms with Gasteiger partial charge in [-0.1, -0.05) is 6.08 Å². The molecule has 0 spiro atoms. The fourth-order valence-electron chi connectivity index (χ4n) is 2.87. The fraction of sp³-hybridized carbons (Fsp3) is 0.545. The topological polar surface area (TPSA) is 96.0 Å². The van der Waals surface area contributed by atoms with Crippen molar-refractivity contribution >= 4 is 18.0 Å². The second kappa shape index (κ2) is 4.50. The van der Waals surface area contributed by atoms with Gasteiger partial charge in [-0.25, -0.2) is 4.79 Å². The molecule has 0 aliphatic carbocycles. The smallest absolute Gasteiger partial charge is 0.543 e. The van der Waals surface area contributed by atoms with Crippen molar-refractivity contribution in [1.29, 1.82) is 0 Å². The average molecular weight is 275 g/mol. The third kappa shape index (κ3) is 1.87. The molecule has 0 unspecified atom stereocenters. The minimum atomic E-state index is -1.37. The number of carbonyl (C=O) groups excluding carboxylic acids is 3. The van der Waals surface area contributed by atoms with Crippen LogP contribution in [-0.2, 0) is 19.1 Å². The standard InChI is InChI=1S/C11H11NO6.Na/c1-11(4-17-10(16)18-11)7-5-2-3-6(9(14)15)12(5)8(7)13;/h3,5,7H,2,4H2,1H3,(H,14,15);/q;+1/p-1/t5-,7-,11-;/m1./s1. The Labute approximate surface area is 130 Å². The molecule has 0 saturated carbocycles. The zero-order chi connectivity index (χ0) is 13.1. The van der Waals surface area contributed by atoms with Crippen molar-refractivity contribution in [2.45, 2.75) is 25.0 Å². The van der Waals surface area contributed by atoms with Gasteiger partial charge in [0.1, 0.15) is 12.5 Å². The SMILES string of the molecule is C[C@]1([C@H]2C(=O)N3C(C(=O)[O-])=CC[C@H]23)COC(=O)O1.[Na+]. The molecule has 96 valence electrons. The molecule has 19 heavy (non-hydrogen) atoms. The summed E-state index contributed by atoms with van der Waals surface area (Å²) in [6, 6.07) is -0.287. The number of carboxylic acid groups (broad SMARTS) is 1. The monoisotopic (exact) mass is 275 g/mol. The summed E-state index contributed by atoms with van der Waals surface area (Å²) in [5, 5.41) is 10.8. The van der Waals surface area contributed by atoms with Gasteiger partial charge in [-0.05, 0) is 13.3 Å². The quantitative estimate of drug-likeness (QED) is 0.288. The Kier molecular flexibility index (Phi) is 3.40. The number of aliphatic carboxylic acids is 1. The van der Waals surface area contributed by atoms with Crippen LogP contribution in [0, 0.1) is 5.92 Å². The van der Waals surface area contributed by atoms with E-state index >= 15 is 0 Å². The second-order valence-corrected chi connectivity index (χ2v) is 4.82. The Morgan fingerprint density at radius 3 is 2.74 bits per heavy atom. The van der Waals surface area contributed by atoms with Gasteiger partial charge in [-0.3, -0.25) is 4.79 Å². The molecule has 2 saturated heterocycles. The maximum atomic E-state index is 12.0. The van der Waals surface area contributed by atoms with E-state index in [1.54, 1.807) is 6.92 Å². The van der Waals surface area contributed by atoms with E-state index in [2.05, 4.69) is 0 Å². The number of carboxylic acids is 1. The molecule has 2 fully saturated rings. The van der Waals surface area contributed by atoms with Crippen molar-refractivity contribution in [3.8, 4) is 0 Å². The van der Waals surface area contributed by atoms with Crippen molar-refractivity contribution in [3.63, 3.8) is 0 Å². The van der Waals surface area contributed by atoms with Crippen molar-refractivity contribution in [3.05, 3.63) is 11.8 Å². The molecule has 0 aromatic rings. The molecular weight excluding hydrogens is 265 g/mol. The van der Waals surface area contributed by atoms with Crippen LogP contribution in [-0.4, -0.2) is 41.2 Å². The molecule has 7 nitrogen and oxygen atoms in total. The molecule has 0 radical (unpaired) electrons. The maximum absolute atomic E-state index is 12.0. The Morgan fingerprint density at radius 2 is 2.21 bits per heavy atom. The van der Waals surface area contributed by atoms with E-state index in [0.29, 0.717) is 6.42 Å². The molecule has 1 amide bonds. The average Bonchev–Trinajstić information content (AvgIpc) is 2.80. The molecule has 0 aromatic heterocycles. The third-order valence-corrected chi connectivity index (χ3v) is 3.69. The van der Waals surface area contributed by atoms with Gasteiger partial charge in [0.05, 0.1) is 17.7 Å². The molecule has 0 bridgehead atoms. The van der Waals surface area contributed by atoms with Crippen LogP contribution in [0.4, 0.5) is 4.79 Å². The normalized spacial score (nSPS) is 35.6. The Morgan fingerprint density at radius 1 is 1.53 bits per heavy atom. The Balaban J connectivity index is 0.00000133. The van der Waals surface area contributed by atoms with Crippen molar-refractivity contribution in [2.24, 2.45) is 5.92 Å². The van der Waals surface area contributed by atoms with E-state index in [1.165, 1.54) is 11.0 Å². The van der Waals surface area contributed by atoms with Crippen LogP contribution in [0.1, 0.15) is 13.3 Å². The zero-order valence-corrected chi connectivity index (χ0v) is 12.5. The Hall–Kier alpha value is -1.05. The molecule has 8 heteroatoms. The number of ether oxygens (including phenoxy) is 2. The first-order valence-electron chi connectivity index (χ1n) is 5.54. The zero-order valence-electron chi connectivity index (χ0n) is 10.5. The predicted molar refractivity (Wildman–Crippen MR) is 52.7 cm³/mol. The van der Waals surface area contributed by atoms with Gasteiger partial charge in [0.15, 0.2) is 5.60 Å². The van der Waals surface area contributed by atoms with Gasteiger partial charge < -0.3 is 24.3 Å². The summed E-state index contributed by atoms with van der Waals surface area (Å²) in [4.78, 5) is 35.0. The molecule has 0 N–H and O–H groups in total. The number of fused-ring (bicyclic) bond motifs is 1. The van der Waals surface area contributed by atoms with Crippen LogP contribution in [0.5, 0.6) is 0 Å². The van der Waals surface area contributed by atoms with Gasteiger partial charge in [-0.15, -0.1) is 0 Å². The summed E-state index contributed by atoms with van der Waals surface area (Å²) in [7, 11) is 0. The summed E-state index contributed by atoms with van der Waals surface area (Å²) in [5.74, 6) is -2.29. The molecule has 3 aliphatic rings. The number of cyclic esters (lactones) is 2. The summed E-state index contributed by atoms with van der Waals surface area (Å²) in [5.41, 5.74) is -1.11. The van der Waals surface area contributed by atoms with Gasteiger partial charge in [0, 0.05) is 0 Å². The summed E-state index contributed by atoms with van der Waals surface area (Å²) >= 11 is 0. The van der Waals surface area contributed by atoms with E-state index < -0.39 is 23.6 Å². The minimum absolute atomic E-state index is 0. The van der Waals surface area contributed by atoms with Crippen LogP contribution in [0.25, 0.3) is 0 Å². The molecule has 3 aliphatic heterocycles. The largest absolute Gasteiger partial charge is 1.00 e. The summed E-state index contributed by atoms with van der Waals surface area (Å²) in [6.07, 6.45) is 1.08. The Bertz CT molecular complexity index is 503. The van der Waals surface area contributed by atoms with Crippen LogP contribution in [0.3, 0.4) is 0 Å². The van der Waals surface area contributed by atoms with E-state index in [-0.39, 0.29) is 53.8 Å². The maximum Gasteiger partial charge on any atom is 1.00 e. The molecule has 3 heterocycles. The number of rotatable bonds is 2. The number of carbonyl (C=O) groups is 3. The number of hydrogen-bond donors (Lipinski definition) is 0. The van der Waals surface area contributed by atoms with E-state index in [0.717, 1.165) is 0 Å². The first-order chi connectivity index (χ1) is 8.44. The van der Waals surface area contributed by atoms with Gasteiger partial charge in [0.25, 0.3) is 0 Å². The van der Waals surface area contributed by atoms with Crippen molar-refractivity contribution < 1.29 is 58.5 Å². The molecular formula is C11H10NNaO6. The van der Waals surface area contributed by atoms with Gasteiger partial charge in [0.2, 0.25) is 5.91 Å². The van der Waals surface area contributed by atoms with Crippen LogP contribution in [0.15, 0.2) is 11.8 Å². The third-order valence-electron chi connectivity index (χ3n) is 3.69. The summed E-state index contributed by atoms with van der Waals surface area (Å²) < 4.78 is 9.75. The predicted octanol–water partition coefficient (Wildman–Crippen LogP) is -4.22. The van der Waals surface area contributed by atoms with Gasteiger partial charge in [-0.2, -0.15) is 0 Å². The van der Waals surface area contributed by atoms with Crippen LogP contribution < -0.4 is 34.7 Å². The second-order valence-electron chi connectivity index (χ2n) is 4.82. The number of hydrogen-bond acceptors (Lipinski definition) is 6. The number of amides is 1. The first kappa shape index (κ1) is 14.4. The minimum Gasteiger partial charge on any atom is -0.543 e. The van der Waals surface area contributed by atoms with E-state index in [1.807, 2.05) is 0 Å². The van der Waals surface area contributed by atoms with Crippen molar-refractivity contribution in [2.75, 3.05) is 6.61 Å². The first-order valence-corrected chi connectivity index (χ1v) is 5.54.